The van der Waals surface area contributed by atoms with Gasteiger partial charge in [-0.05, 0) is 42.0 Å². The van der Waals surface area contributed by atoms with Gasteiger partial charge in [0.25, 0.3) is 0 Å². The van der Waals surface area contributed by atoms with Gasteiger partial charge in [0.2, 0.25) is 0 Å². The maximum absolute atomic E-state index is 8.33. The summed E-state index contributed by atoms with van der Waals surface area (Å²) >= 11 is 6.27. The van der Waals surface area contributed by atoms with Crippen molar-refractivity contribution in [2.45, 2.75) is 31.8 Å². The second kappa shape index (κ2) is 4.13. The second-order valence-corrected chi connectivity index (χ2v) is 4.92. The van der Waals surface area contributed by atoms with Gasteiger partial charge in [-0.15, -0.1) is 0 Å². The Kier molecular flexibility index (Phi) is 2.61. The normalized spacial score (nSPS) is 20.4. The fraction of sp³-hybridized carbons (Fsp3) is 0.500. The number of halogens is 1. The van der Waals surface area contributed by atoms with E-state index in [4.69, 9.17) is 21.9 Å². The SMILES string of the molecule is [N-]=[N+]=NCC1Cc2c(Cl)cc3c(c2O1)CCC3. The van der Waals surface area contributed by atoms with Crippen molar-refractivity contribution in [3.63, 3.8) is 0 Å². The number of aryl methyl sites for hydroxylation is 1. The predicted octanol–water partition coefficient (Wildman–Crippen LogP) is 3.44. The highest BCUT2D eigenvalue weighted by molar-refractivity contribution is 6.31. The van der Waals surface area contributed by atoms with Crippen molar-refractivity contribution >= 4 is 11.6 Å². The number of ether oxygens (including phenoxy) is 1. The number of fused-ring (bicyclic) bond motifs is 3. The number of azide groups is 1. The van der Waals surface area contributed by atoms with Gasteiger partial charge in [-0.1, -0.05) is 16.7 Å². The summed E-state index contributed by atoms with van der Waals surface area (Å²) in [7, 11) is 0. The summed E-state index contributed by atoms with van der Waals surface area (Å²) in [5.74, 6) is 0.961. The molecule has 1 aliphatic carbocycles. The summed E-state index contributed by atoms with van der Waals surface area (Å²) in [4.78, 5) is 2.77. The Morgan fingerprint density at radius 1 is 1.47 bits per heavy atom. The van der Waals surface area contributed by atoms with Crippen molar-refractivity contribution in [3.8, 4) is 5.75 Å². The van der Waals surface area contributed by atoms with E-state index in [0.717, 1.165) is 35.6 Å². The maximum Gasteiger partial charge on any atom is 0.128 e. The van der Waals surface area contributed by atoms with Gasteiger partial charge in [0, 0.05) is 21.9 Å². The quantitative estimate of drug-likeness (QED) is 0.450. The highest BCUT2D eigenvalue weighted by Gasteiger charge is 2.30. The van der Waals surface area contributed by atoms with Crippen molar-refractivity contribution < 1.29 is 4.74 Å². The Morgan fingerprint density at radius 3 is 3.18 bits per heavy atom. The van der Waals surface area contributed by atoms with Crippen molar-refractivity contribution in [2.24, 2.45) is 5.11 Å². The first-order valence-corrected chi connectivity index (χ1v) is 6.18. The summed E-state index contributed by atoms with van der Waals surface area (Å²) < 4.78 is 5.88. The average Bonchev–Trinajstić information content (AvgIpc) is 2.91. The Bertz CT molecular complexity index is 523. The molecule has 1 unspecified atom stereocenters. The molecule has 1 heterocycles. The van der Waals surface area contributed by atoms with Crippen LogP contribution in [0.1, 0.15) is 23.1 Å². The van der Waals surface area contributed by atoms with Crippen LogP contribution in [0.5, 0.6) is 5.75 Å². The van der Waals surface area contributed by atoms with E-state index in [2.05, 4.69) is 16.1 Å². The van der Waals surface area contributed by atoms with Crippen LogP contribution in [0.15, 0.2) is 11.2 Å². The summed E-state index contributed by atoms with van der Waals surface area (Å²) in [6.45, 7) is 0.371. The minimum absolute atomic E-state index is 0.0505. The summed E-state index contributed by atoms with van der Waals surface area (Å²) in [6.07, 6.45) is 4.04. The lowest BCUT2D eigenvalue weighted by Gasteiger charge is -2.10. The van der Waals surface area contributed by atoms with Crippen LogP contribution in [0.25, 0.3) is 10.4 Å². The molecule has 0 radical (unpaired) electrons. The molecule has 5 heteroatoms. The largest absolute Gasteiger partial charge is 0.489 e. The van der Waals surface area contributed by atoms with Gasteiger partial charge >= 0.3 is 0 Å². The molecule has 3 rings (SSSR count). The molecular formula is C12H12ClN3O. The molecule has 0 bridgehead atoms. The van der Waals surface area contributed by atoms with Crippen LogP contribution < -0.4 is 4.74 Å². The molecule has 1 aromatic carbocycles. The van der Waals surface area contributed by atoms with Crippen molar-refractivity contribution in [2.75, 3.05) is 6.54 Å². The Morgan fingerprint density at radius 2 is 2.35 bits per heavy atom. The van der Waals surface area contributed by atoms with Gasteiger partial charge < -0.3 is 4.74 Å². The third kappa shape index (κ3) is 1.74. The third-order valence-electron chi connectivity index (χ3n) is 3.46. The Balaban J connectivity index is 1.96. The molecular weight excluding hydrogens is 238 g/mol. The zero-order valence-electron chi connectivity index (χ0n) is 9.32. The van der Waals surface area contributed by atoms with Crippen LogP contribution in [-0.2, 0) is 19.3 Å². The number of nitrogens with zero attached hydrogens (tertiary/aromatic N) is 3. The van der Waals surface area contributed by atoms with Crippen LogP contribution in [-0.4, -0.2) is 12.6 Å². The van der Waals surface area contributed by atoms with Crippen LogP contribution in [0.2, 0.25) is 5.02 Å². The molecule has 1 aromatic rings. The minimum atomic E-state index is -0.0505. The third-order valence-corrected chi connectivity index (χ3v) is 3.80. The smallest absolute Gasteiger partial charge is 0.128 e. The number of benzene rings is 1. The first-order chi connectivity index (χ1) is 8.29. The highest BCUT2D eigenvalue weighted by atomic mass is 35.5. The van der Waals surface area contributed by atoms with Gasteiger partial charge in [-0.3, -0.25) is 0 Å². The average molecular weight is 250 g/mol. The molecule has 0 saturated heterocycles. The molecule has 0 spiro atoms. The minimum Gasteiger partial charge on any atom is -0.489 e. The van der Waals surface area contributed by atoms with Crippen molar-refractivity contribution in [1.29, 1.82) is 0 Å². The lowest BCUT2D eigenvalue weighted by Crippen LogP contribution is -2.16. The number of hydrogen-bond donors (Lipinski definition) is 0. The highest BCUT2D eigenvalue weighted by Crippen LogP contribution is 2.42. The lowest BCUT2D eigenvalue weighted by molar-refractivity contribution is 0.239. The molecule has 2 aliphatic rings. The molecule has 0 saturated carbocycles. The zero-order valence-corrected chi connectivity index (χ0v) is 10.1. The van der Waals surface area contributed by atoms with Crippen LogP contribution in [0.4, 0.5) is 0 Å². The summed E-state index contributed by atoms with van der Waals surface area (Å²) in [5.41, 5.74) is 12.0. The fourth-order valence-electron chi connectivity index (χ4n) is 2.71. The van der Waals surface area contributed by atoms with Crippen LogP contribution in [0, 0.1) is 0 Å². The monoisotopic (exact) mass is 249 g/mol. The first kappa shape index (κ1) is 10.8. The lowest BCUT2D eigenvalue weighted by atomic mass is 10.0. The predicted molar refractivity (Wildman–Crippen MR) is 65.6 cm³/mol. The zero-order chi connectivity index (χ0) is 11.8. The standard InChI is InChI=1S/C12H12ClN3O/c13-11-4-7-2-1-3-9(7)12-10(11)5-8(17-12)6-15-16-14/h4,8H,1-3,5-6H2. The number of hydrogen-bond acceptors (Lipinski definition) is 2. The van der Waals surface area contributed by atoms with E-state index < -0.39 is 0 Å². The van der Waals surface area contributed by atoms with Crippen molar-refractivity contribution in [3.05, 3.63) is 38.2 Å². The van der Waals surface area contributed by atoms with E-state index in [1.165, 1.54) is 17.5 Å². The van der Waals surface area contributed by atoms with Crippen LogP contribution >= 0.6 is 11.6 Å². The molecule has 17 heavy (non-hydrogen) atoms. The van der Waals surface area contributed by atoms with E-state index in [1.54, 1.807) is 0 Å². The van der Waals surface area contributed by atoms with E-state index in [-0.39, 0.29) is 6.10 Å². The summed E-state index contributed by atoms with van der Waals surface area (Å²) in [5, 5.41) is 4.37. The van der Waals surface area contributed by atoms with E-state index in [0.29, 0.717) is 6.54 Å². The molecule has 0 amide bonds. The van der Waals surface area contributed by atoms with Crippen molar-refractivity contribution in [1.82, 2.24) is 0 Å². The van der Waals surface area contributed by atoms with Gasteiger partial charge in [0.1, 0.15) is 11.9 Å². The molecule has 4 nitrogen and oxygen atoms in total. The topological polar surface area (TPSA) is 58.0 Å². The van der Waals surface area contributed by atoms with E-state index in [1.807, 2.05) is 0 Å². The molecule has 0 fully saturated rings. The summed E-state index contributed by atoms with van der Waals surface area (Å²) in [6, 6.07) is 2.07. The molecule has 0 aromatic heterocycles. The second-order valence-electron chi connectivity index (χ2n) is 4.51. The van der Waals surface area contributed by atoms with E-state index >= 15 is 0 Å². The molecule has 88 valence electrons. The van der Waals surface area contributed by atoms with Gasteiger partial charge in [-0.25, -0.2) is 0 Å². The van der Waals surface area contributed by atoms with Gasteiger partial charge in [0.05, 0.1) is 6.54 Å². The Labute approximate surface area is 104 Å². The van der Waals surface area contributed by atoms with Crippen LogP contribution in [0.3, 0.4) is 0 Å². The molecule has 1 atom stereocenters. The fourth-order valence-corrected chi connectivity index (χ4v) is 3.01. The number of rotatable bonds is 2. The molecule has 1 aliphatic heterocycles. The first-order valence-electron chi connectivity index (χ1n) is 5.80. The Hall–Kier alpha value is -1.38. The van der Waals surface area contributed by atoms with E-state index in [9.17, 15) is 0 Å². The van der Waals surface area contributed by atoms with Gasteiger partial charge in [0.15, 0.2) is 0 Å². The molecule has 0 N–H and O–H groups in total. The maximum atomic E-state index is 8.33. The van der Waals surface area contributed by atoms with Gasteiger partial charge in [-0.2, -0.15) is 0 Å².